The fourth-order valence-electron chi connectivity index (χ4n) is 3.83. The van der Waals surface area contributed by atoms with E-state index in [-0.39, 0.29) is 5.92 Å². The van der Waals surface area contributed by atoms with Crippen LogP contribution < -0.4 is 9.64 Å². The molecule has 0 spiro atoms. The first kappa shape index (κ1) is 16.0. The van der Waals surface area contributed by atoms with Crippen LogP contribution in [0.2, 0.25) is 0 Å². The summed E-state index contributed by atoms with van der Waals surface area (Å²) in [6.07, 6.45) is 0.996. The minimum absolute atomic E-state index is 0.181. The van der Waals surface area contributed by atoms with Gasteiger partial charge >= 0.3 is 0 Å². The van der Waals surface area contributed by atoms with Gasteiger partial charge in [-0.05, 0) is 30.0 Å². The summed E-state index contributed by atoms with van der Waals surface area (Å²) in [5.74, 6) is 1.82. The monoisotopic (exact) mass is 336 g/mol. The van der Waals surface area contributed by atoms with Crippen molar-refractivity contribution in [2.75, 3.05) is 38.2 Å². The Kier molecular flexibility index (Phi) is 4.35. The molecule has 0 aromatic heterocycles. The van der Waals surface area contributed by atoms with E-state index >= 15 is 0 Å². The van der Waals surface area contributed by atoms with Crippen molar-refractivity contribution < 1.29 is 9.53 Å². The van der Waals surface area contributed by atoms with Crippen molar-refractivity contribution in [3.05, 3.63) is 60.2 Å². The summed E-state index contributed by atoms with van der Waals surface area (Å²) in [5, 5.41) is 0. The standard InChI is InChI=1S/C21H24N2O2/c1-25-20-10-6-5-9-19(20)22-11-13-23(14-12-22)21(24)18-15-17(18)16-7-3-2-4-8-16/h2-10,17-18H,11-15H2,1H3. The zero-order chi connectivity index (χ0) is 17.2. The Labute approximate surface area is 149 Å². The molecule has 2 unspecified atom stereocenters. The fourth-order valence-corrected chi connectivity index (χ4v) is 3.83. The van der Waals surface area contributed by atoms with Gasteiger partial charge in [0.1, 0.15) is 5.75 Å². The van der Waals surface area contributed by atoms with Crippen LogP contribution >= 0.6 is 0 Å². The molecular weight excluding hydrogens is 312 g/mol. The first-order valence-corrected chi connectivity index (χ1v) is 8.99. The summed E-state index contributed by atoms with van der Waals surface area (Å²) in [6.45, 7) is 3.29. The van der Waals surface area contributed by atoms with E-state index in [1.165, 1.54) is 5.56 Å². The maximum Gasteiger partial charge on any atom is 0.226 e. The summed E-state index contributed by atoms with van der Waals surface area (Å²) in [7, 11) is 1.70. The van der Waals surface area contributed by atoms with Crippen LogP contribution in [-0.4, -0.2) is 44.1 Å². The molecular formula is C21H24N2O2. The molecule has 1 aliphatic carbocycles. The number of ether oxygens (including phenoxy) is 1. The van der Waals surface area contributed by atoms with E-state index in [2.05, 4.69) is 35.2 Å². The van der Waals surface area contributed by atoms with E-state index in [0.29, 0.717) is 11.8 Å². The average Bonchev–Trinajstić information content (AvgIpc) is 3.49. The van der Waals surface area contributed by atoms with Gasteiger partial charge in [-0.2, -0.15) is 0 Å². The van der Waals surface area contributed by atoms with Crippen LogP contribution in [0.4, 0.5) is 5.69 Å². The van der Waals surface area contributed by atoms with Crippen molar-refractivity contribution in [2.45, 2.75) is 12.3 Å². The molecule has 1 saturated carbocycles. The highest BCUT2D eigenvalue weighted by Gasteiger charge is 2.46. The third-order valence-electron chi connectivity index (χ3n) is 5.35. The highest BCUT2D eigenvalue weighted by Crippen LogP contribution is 2.48. The second kappa shape index (κ2) is 6.79. The first-order valence-electron chi connectivity index (χ1n) is 8.99. The van der Waals surface area contributed by atoms with E-state index in [0.717, 1.165) is 44.0 Å². The lowest BCUT2D eigenvalue weighted by Crippen LogP contribution is -2.49. The van der Waals surface area contributed by atoms with Crippen molar-refractivity contribution in [2.24, 2.45) is 5.92 Å². The molecule has 2 aromatic rings. The number of carbonyl (C=O) groups excluding carboxylic acids is 1. The summed E-state index contributed by atoms with van der Waals surface area (Å²) in [4.78, 5) is 17.1. The Morgan fingerprint density at radius 3 is 2.36 bits per heavy atom. The van der Waals surface area contributed by atoms with Crippen molar-refractivity contribution in [1.29, 1.82) is 0 Å². The van der Waals surface area contributed by atoms with Crippen LogP contribution in [0.15, 0.2) is 54.6 Å². The number of nitrogens with zero attached hydrogens (tertiary/aromatic N) is 2. The third kappa shape index (κ3) is 3.21. The lowest BCUT2D eigenvalue weighted by molar-refractivity contribution is -0.132. The lowest BCUT2D eigenvalue weighted by Gasteiger charge is -2.36. The number of piperazine rings is 1. The molecule has 1 aliphatic heterocycles. The first-order chi connectivity index (χ1) is 12.3. The molecule has 4 nitrogen and oxygen atoms in total. The number of amides is 1. The second-order valence-corrected chi connectivity index (χ2v) is 6.84. The van der Waals surface area contributed by atoms with E-state index in [1.54, 1.807) is 7.11 Å². The quantitative estimate of drug-likeness (QED) is 0.860. The highest BCUT2D eigenvalue weighted by atomic mass is 16.5. The van der Waals surface area contributed by atoms with Gasteiger partial charge in [-0.15, -0.1) is 0 Å². The minimum Gasteiger partial charge on any atom is -0.495 e. The average molecular weight is 336 g/mol. The van der Waals surface area contributed by atoms with Crippen LogP contribution in [0.25, 0.3) is 0 Å². The van der Waals surface area contributed by atoms with Crippen LogP contribution in [0, 0.1) is 5.92 Å². The summed E-state index contributed by atoms with van der Waals surface area (Å²) in [5.41, 5.74) is 2.42. The van der Waals surface area contributed by atoms with Crippen molar-refractivity contribution in [1.82, 2.24) is 4.90 Å². The zero-order valence-electron chi connectivity index (χ0n) is 14.6. The van der Waals surface area contributed by atoms with Gasteiger partial charge in [0.15, 0.2) is 0 Å². The molecule has 130 valence electrons. The third-order valence-corrected chi connectivity index (χ3v) is 5.35. The molecule has 25 heavy (non-hydrogen) atoms. The topological polar surface area (TPSA) is 32.8 Å². The largest absolute Gasteiger partial charge is 0.495 e. The zero-order valence-corrected chi connectivity index (χ0v) is 14.6. The molecule has 1 saturated heterocycles. The Morgan fingerprint density at radius 1 is 0.960 bits per heavy atom. The number of rotatable bonds is 4. The number of para-hydroxylation sites is 2. The molecule has 4 heteroatoms. The summed E-state index contributed by atoms with van der Waals surface area (Å²) < 4.78 is 5.46. The summed E-state index contributed by atoms with van der Waals surface area (Å²) in [6, 6.07) is 18.5. The van der Waals surface area contributed by atoms with Crippen LogP contribution in [-0.2, 0) is 4.79 Å². The van der Waals surface area contributed by atoms with Crippen molar-refractivity contribution in [3.63, 3.8) is 0 Å². The number of hydrogen-bond acceptors (Lipinski definition) is 3. The molecule has 4 rings (SSSR count). The number of hydrogen-bond donors (Lipinski definition) is 0. The molecule has 2 aliphatic rings. The molecule has 1 amide bonds. The van der Waals surface area contributed by atoms with E-state index in [9.17, 15) is 4.79 Å². The normalized spacial score (nSPS) is 22.6. The van der Waals surface area contributed by atoms with Crippen LogP contribution in [0.3, 0.4) is 0 Å². The molecule has 0 radical (unpaired) electrons. The lowest BCUT2D eigenvalue weighted by atomic mass is 10.1. The van der Waals surface area contributed by atoms with Crippen LogP contribution in [0.5, 0.6) is 5.75 Å². The summed E-state index contributed by atoms with van der Waals surface area (Å²) >= 11 is 0. The molecule has 1 heterocycles. The van der Waals surface area contributed by atoms with Gasteiger partial charge in [-0.1, -0.05) is 42.5 Å². The number of methoxy groups -OCH3 is 1. The Morgan fingerprint density at radius 2 is 1.64 bits per heavy atom. The van der Waals surface area contributed by atoms with Crippen LogP contribution in [0.1, 0.15) is 17.9 Å². The number of carbonyl (C=O) groups is 1. The van der Waals surface area contributed by atoms with Gasteiger partial charge in [-0.25, -0.2) is 0 Å². The van der Waals surface area contributed by atoms with E-state index in [4.69, 9.17) is 4.74 Å². The van der Waals surface area contributed by atoms with Crippen molar-refractivity contribution >= 4 is 11.6 Å². The number of benzene rings is 2. The molecule has 2 atom stereocenters. The number of anilines is 1. The smallest absolute Gasteiger partial charge is 0.226 e. The van der Waals surface area contributed by atoms with E-state index in [1.807, 2.05) is 29.2 Å². The van der Waals surface area contributed by atoms with E-state index < -0.39 is 0 Å². The molecule has 2 fully saturated rings. The second-order valence-electron chi connectivity index (χ2n) is 6.84. The maximum atomic E-state index is 12.8. The maximum absolute atomic E-state index is 12.8. The van der Waals surface area contributed by atoms with Gasteiger partial charge < -0.3 is 14.5 Å². The molecule has 0 bridgehead atoms. The fraction of sp³-hybridized carbons (Fsp3) is 0.381. The Bertz CT molecular complexity index is 739. The minimum atomic E-state index is 0.181. The molecule has 2 aromatic carbocycles. The van der Waals surface area contributed by atoms with Gasteiger partial charge in [0.05, 0.1) is 12.8 Å². The predicted octanol–water partition coefficient (Wildman–Crippen LogP) is 3.15. The SMILES string of the molecule is COc1ccccc1N1CCN(C(=O)C2CC2c2ccccc2)CC1. The van der Waals surface area contributed by atoms with Gasteiger partial charge in [0, 0.05) is 32.1 Å². The van der Waals surface area contributed by atoms with Crippen molar-refractivity contribution in [3.8, 4) is 5.75 Å². The van der Waals surface area contributed by atoms with Gasteiger partial charge in [0.2, 0.25) is 5.91 Å². The van der Waals surface area contributed by atoms with Gasteiger partial charge in [0.25, 0.3) is 0 Å². The Balaban J connectivity index is 1.36. The predicted molar refractivity (Wildman–Crippen MR) is 99.1 cm³/mol. The Hall–Kier alpha value is -2.49. The molecule has 0 N–H and O–H groups in total. The highest BCUT2D eigenvalue weighted by molar-refractivity contribution is 5.83. The van der Waals surface area contributed by atoms with Gasteiger partial charge in [-0.3, -0.25) is 4.79 Å².